The van der Waals surface area contributed by atoms with E-state index in [1.54, 1.807) is 11.8 Å². The first-order chi connectivity index (χ1) is 12.0. The van der Waals surface area contributed by atoms with Crippen molar-refractivity contribution in [3.05, 3.63) is 41.0 Å². The highest BCUT2D eigenvalue weighted by Crippen LogP contribution is 2.14. The Morgan fingerprint density at radius 3 is 2.80 bits per heavy atom. The zero-order valence-electron chi connectivity index (χ0n) is 14.5. The van der Waals surface area contributed by atoms with E-state index in [1.807, 2.05) is 38.3 Å². The second-order valence-corrected chi connectivity index (χ2v) is 6.41. The molecule has 7 nitrogen and oxygen atoms in total. The second kappa shape index (κ2) is 9.22. The summed E-state index contributed by atoms with van der Waals surface area (Å²) in [6.07, 6.45) is 2.31. The van der Waals surface area contributed by atoms with Crippen molar-refractivity contribution >= 4 is 29.3 Å². The van der Waals surface area contributed by atoms with Gasteiger partial charge in [0.25, 0.3) is 5.91 Å². The maximum absolute atomic E-state index is 11.8. The van der Waals surface area contributed by atoms with Crippen molar-refractivity contribution in [2.75, 3.05) is 18.2 Å². The van der Waals surface area contributed by atoms with Gasteiger partial charge < -0.3 is 14.6 Å². The largest absolute Gasteiger partial charge is 0.456 e. The minimum Gasteiger partial charge on any atom is -0.456 e. The Hall–Kier alpha value is -2.35. The summed E-state index contributed by atoms with van der Waals surface area (Å²) in [6.45, 7) is 3.64. The van der Waals surface area contributed by atoms with Crippen LogP contribution in [0.1, 0.15) is 29.3 Å². The molecular weight excluding hydrogens is 342 g/mol. The van der Waals surface area contributed by atoms with Crippen LogP contribution in [0, 0.1) is 13.8 Å². The van der Waals surface area contributed by atoms with Gasteiger partial charge in [-0.1, -0.05) is 11.2 Å². The van der Waals surface area contributed by atoms with Crippen LogP contribution in [0.3, 0.4) is 0 Å². The number of hydrogen-bond donors (Lipinski definition) is 1. The number of amides is 1. The van der Waals surface area contributed by atoms with E-state index in [1.165, 1.54) is 0 Å². The number of esters is 1. The number of thioether (sulfide) groups is 1. The van der Waals surface area contributed by atoms with Gasteiger partial charge in [0.2, 0.25) is 5.89 Å². The van der Waals surface area contributed by atoms with Gasteiger partial charge >= 0.3 is 5.97 Å². The quantitative estimate of drug-likeness (QED) is 0.721. The number of ether oxygens (including phenoxy) is 1. The molecule has 0 unspecified atom stereocenters. The van der Waals surface area contributed by atoms with Crippen molar-refractivity contribution in [1.82, 2.24) is 10.1 Å². The average Bonchev–Trinajstić information content (AvgIpc) is 3.02. The number of aromatic nitrogens is 2. The van der Waals surface area contributed by atoms with Crippen LogP contribution < -0.4 is 5.32 Å². The molecule has 25 heavy (non-hydrogen) atoms. The van der Waals surface area contributed by atoms with Gasteiger partial charge in [-0.2, -0.15) is 16.7 Å². The van der Waals surface area contributed by atoms with Crippen LogP contribution >= 0.6 is 11.8 Å². The summed E-state index contributed by atoms with van der Waals surface area (Å²) in [5.41, 5.74) is 2.90. The third kappa shape index (κ3) is 6.22. The second-order valence-electron chi connectivity index (χ2n) is 5.55. The molecule has 8 heteroatoms. The van der Waals surface area contributed by atoms with Crippen LogP contribution in [0.15, 0.2) is 22.7 Å². The first-order valence-electron chi connectivity index (χ1n) is 7.81. The number of nitrogens with one attached hydrogen (secondary N) is 1. The number of benzene rings is 1. The molecule has 0 spiro atoms. The predicted octanol–water partition coefficient (Wildman–Crippen LogP) is 2.66. The lowest BCUT2D eigenvalue weighted by Gasteiger charge is -2.08. The summed E-state index contributed by atoms with van der Waals surface area (Å²) >= 11 is 1.58. The van der Waals surface area contributed by atoms with Gasteiger partial charge in [0.15, 0.2) is 12.4 Å². The summed E-state index contributed by atoms with van der Waals surface area (Å²) in [5.74, 6) is 0.785. The van der Waals surface area contributed by atoms with Crippen LogP contribution in [-0.2, 0) is 26.5 Å². The highest BCUT2D eigenvalue weighted by atomic mass is 32.2. The summed E-state index contributed by atoms with van der Waals surface area (Å²) < 4.78 is 9.99. The van der Waals surface area contributed by atoms with Crippen molar-refractivity contribution in [1.29, 1.82) is 0 Å². The van der Waals surface area contributed by atoms with Gasteiger partial charge in [-0.25, -0.2) is 0 Å². The van der Waals surface area contributed by atoms with Gasteiger partial charge in [0, 0.05) is 12.1 Å². The molecule has 1 amide bonds. The first kappa shape index (κ1) is 19.0. The molecule has 0 atom stereocenters. The molecule has 2 aromatic rings. The lowest BCUT2D eigenvalue weighted by atomic mass is 10.1. The number of carbonyl (C=O) groups is 2. The zero-order chi connectivity index (χ0) is 18.2. The standard InChI is InChI=1S/C17H21N3O4S/c1-11-4-5-13(8-12(11)2)18-15(21)9-23-17(22)7-6-16-19-14(10-25-3)20-24-16/h4-5,8H,6-7,9-10H2,1-3H3,(H,18,21). The lowest BCUT2D eigenvalue weighted by molar-refractivity contribution is -0.147. The number of hydrogen-bond acceptors (Lipinski definition) is 7. The molecule has 1 aromatic heterocycles. The first-order valence-corrected chi connectivity index (χ1v) is 9.20. The smallest absolute Gasteiger partial charge is 0.306 e. The van der Waals surface area contributed by atoms with E-state index < -0.39 is 5.97 Å². The van der Waals surface area contributed by atoms with Crippen molar-refractivity contribution < 1.29 is 18.8 Å². The highest BCUT2D eigenvalue weighted by Gasteiger charge is 2.12. The third-order valence-corrected chi connectivity index (χ3v) is 4.03. The molecule has 134 valence electrons. The highest BCUT2D eigenvalue weighted by molar-refractivity contribution is 7.97. The Kier molecular flexibility index (Phi) is 7.00. The molecule has 0 fully saturated rings. The number of aryl methyl sites for hydroxylation is 3. The third-order valence-electron chi connectivity index (χ3n) is 3.48. The Bertz CT molecular complexity index is 745. The van der Waals surface area contributed by atoms with E-state index in [2.05, 4.69) is 15.5 Å². The molecule has 0 saturated heterocycles. The number of anilines is 1. The van der Waals surface area contributed by atoms with Gasteiger partial charge in [-0.05, 0) is 43.4 Å². The molecule has 0 aliphatic carbocycles. The van der Waals surface area contributed by atoms with Crippen LogP contribution in [-0.4, -0.2) is 34.9 Å². The lowest BCUT2D eigenvalue weighted by Crippen LogP contribution is -2.21. The zero-order valence-corrected chi connectivity index (χ0v) is 15.3. The van der Waals surface area contributed by atoms with E-state index in [0.29, 0.717) is 29.6 Å². The SMILES string of the molecule is CSCc1noc(CCC(=O)OCC(=O)Nc2ccc(C)c(C)c2)n1. The maximum Gasteiger partial charge on any atom is 0.306 e. The van der Waals surface area contributed by atoms with Crippen molar-refractivity contribution in [3.63, 3.8) is 0 Å². The van der Waals surface area contributed by atoms with Gasteiger partial charge in [-0.15, -0.1) is 0 Å². The molecule has 0 radical (unpaired) electrons. The molecule has 0 bridgehead atoms. The summed E-state index contributed by atoms with van der Waals surface area (Å²) in [4.78, 5) is 27.7. The fraction of sp³-hybridized carbons (Fsp3) is 0.412. The minimum absolute atomic E-state index is 0.0812. The molecule has 1 aromatic carbocycles. The van der Waals surface area contributed by atoms with E-state index in [4.69, 9.17) is 9.26 Å². The topological polar surface area (TPSA) is 94.3 Å². The molecule has 2 rings (SSSR count). The normalized spacial score (nSPS) is 10.5. The molecule has 0 aliphatic rings. The van der Waals surface area contributed by atoms with E-state index in [-0.39, 0.29) is 18.9 Å². The number of carbonyl (C=O) groups excluding carboxylic acids is 2. The number of nitrogens with zero attached hydrogens (tertiary/aromatic N) is 2. The number of rotatable bonds is 8. The van der Waals surface area contributed by atoms with Gasteiger partial charge in [-0.3, -0.25) is 9.59 Å². The summed E-state index contributed by atoms with van der Waals surface area (Å²) in [7, 11) is 0. The molecule has 1 heterocycles. The molecular formula is C17H21N3O4S. The minimum atomic E-state index is -0.486. The Morgan fingerprint density at radius 1 is 1.28 bits per heavy atom. The Labute approximate surface area is 150 Å². The van der Waals surface area contributed by atoms with Crippen molar-refractivity contribution in [2.24, 2.45) is 0 Å². The molecule has 0 aliphatic heterocycles. The molecule has 1 N–H and O–H groups in total. The average molecular weight is 363 g/mol. The maximum atomic E-state index is 11.8. The van der Waals surface area contributed by atoms with Crippen LogP contribution in [0.25, 0.3) is 0 Å². The van der Waals surface area contributed by atoms with Crippen LogP contribution in [0.4, 0.5) is 5.69 Å². The van der Waals surface area contributed by atoms with Crippen molar-refractivity contribution in [3.8, 4) is 0 Å². The van der Waals surface area contributed by atoms with Crippen LogP contribution in [0.2, 0.25) is 0 Å². The fourth-order valence-corrected chi connectivity index (χ4v) is 2.40. The van der Waals surface area contributed by atoms with E-state index in [0.717, 1.165) is 11.1 Å². The monoisotopic (exact) mass is 363 g/mol. The van der Waals surface area contributed by atoms with E-state index >= 15 is 0 Å². The van der Waals surface area contributed by atoms with E-state index in [9.17, 15) is 9.59 Å². The Morgan fingerprint density at radius 2 is 2.08 bits per heavy atom. The summed E-state index contributed by atoms with van der Waals surface area (Å²) in [6, 6.07) is 5.60. The fourth-order valence-electron chi connectivity index (χ4n) is 2.02. The van der Waals surface area contributed by atoms with Crippen LogP contribution in [0.5, 0.6) is 0 Å². The van der Waals surface area contributed by atoms with Gasteiger partial charge in [0.05, 0.1) is 12.2 Å². The van der Waals surface area contributed by atoms with Gasteiger partial charge in [0.1, 0.15) is 0 Å². The summed E-state index contributed by atoms with van der Waals surface area (Å²) in [5, 5.41) is 6.49. The predicted molar refractivity (Wildman–Crippen MR) is 95.3 cm³/mol. The Balaban J connectivity index is 1.71. The van der Waals surface area contributed by atoms with Crippen molar-refractivity contribution in [2.45, 2.75) is 32.4 Å². The molecule has 0 saturated carbocycles.